The molecular formula is C16H12BrF6N3O2. The minimum absolute atomic E-state index is 0.0128. The summed E-state index contributed by atoms with van der Waals surface area (Å²) in [4.78, 5) is 15.4. The smallest absolute Gasteiger partial charge is 0.416 e. The van der Waals surface area contributed by atoms with Gasteiger partial charge in [-0.15, -0.1) is 5.10 Å². The molecule has 0 aliphatic carbocycles. The number of halogens is 7. The predicted octanol–water partition coefficient (Wildman–Crippen LogP) is 5.13. The Balaban J connectivity index is 2.43. The first-order chi connectivity index (χ1) is 12.8. The molecule has 1 heterocycles. The highest BCUT2D eigenvalue weighted by Gasteiger charge is 2.37. The highest BCUT2D eigenvalue weighted by Crippen LogP contribution is 2.38. The summed E-state index contributed by atoms with van der Waals surface area (Å²) in [6, 6.07) is 1.04. The Morgan fingerprint density at radius 3 is 2.11 bits per heavy atom. The predicted molar refractivity (Wildman–Crippen MR) is 89.9 cm³/mol. The van der Waals surface area contributed by atoms with Gasteiger partial charge in [-0.25, -0.2) is 14.5 Å². The average Bonchev–Trinajstić information content (AvgIpc) is 3.00. The third-order valence-electron chi connectivity index (χ3n) is 3.14. The molecule has 2 rings (SSSR count). The minimum atomic E-state index is -4.98. The lowest BCUT2D eigenvalue weighted by atomic mass is 10.0. The fraction of sp³-hybridized carbons (Fsp3) is 0.312. The van der Waals surface area contributed by atoms with Crippen molar-refractivity contribution in [2.75, 3.05) is 0 Å². The van der Waals surface area contributed by atoms with Gasteiger partial charge in [0.05, 0.1) is 23.4 Å². The van der Waals surface area contributed by atoms with E-state index in [0.29, 0.717) is 12.1 Å². The van der Waals surface area contributed by atoms with Gasteiger partial charge in [0.15, 0.2) is 5.82 Å². The monoisotopic (exact) mass is 471 g/mol. The van der Waals surface area contributed by atoms with Gasteiger partial charge in [-0.1, -0.05) is 0 Å². The van der Waals surface area contributed by atoms with Gasteiger partial charge in [0.1, 0.15) is 10.8 Å². The van der Waals surface area contributed by atoms with Gasteiger partial charge in [-0.05, 0) is 48.0 Å². The fourth-order valence-electron chi connectivity index (χ4n) is 1.99. The molecule has 0 spiro atoms. The lowest BCUT2D eigenvalue weighted by Gasteiger charge is -2.13. The van der Waals surface area contributed by atoms with Gasteiger partial charge in [0.25, 0.3) is 0 Å². The largest absolute Gasteiger partial charge is 0.459 e. The molecule has 0 N–H and O–H groups in total. The van der Waals surface area contributed by atoms with E-state index < -0.39 is 41.1 Å². The van der Waals surface area contributed by atoms with Crippen molar-refractivity contribution in [1.29, 1.82) is 0 Å². The van der Waals surface area contributed by atoms with Crippen LogP contribution in [0.1, 0.15) is 25.0 Å². The first-order valence-electron chi connectivity index (χ1n) is 7.56. The van der Waals surface area contributed by atoms with Gasteiger partial charge in [-0.2, -0.15) is 26.3 Å². The van der Waals surface area contributed by atoms with Gasteiger partial charge in [0, 0.05) is 5.56 Å². The summed E-state index contributed by atoms with van der Waals surface area (Å²) in [5, 5.41) is 3.79. The maximum absolute atomic E-state index is 12.9. The molecule has 2 aromatic rings. The third kappa shape index (κ3) is 5.57. The minimum Gasteiger partial charge on any atom is -0.459 e. The van der Waals surface area contributed by atoms with Crippen LogP contribution in [0.2, 0.25) is 0 Å². The molecule has 0 unspecified atom stereocenters. The summed E-state index contributed by atoms with van der Waals surface area (Å²) in [5.41, 5.74) is -3.44. The number of nitrogens with zero attached hydrogens (tertiary/aromatic N) is 3. The summed E-state index contributed by atoms with van der Waals surface area (Å²) in [6.45, 7) is 3.25. The summed E-state index contributed by atoms with van der Waals surface area (Å²) in [5.74, 6) is -1.11. The van der Waals surface area contributed by atoms with Gasteiger partial charge < -0.3 is 4.74 Å². The van der Waals surface area contributed by atoms with Crippen molar-refractivity contribution in [1.82, 2.24) is 14.8 Å². The third-order valence-corrected chi connectivity index (χ3v) is 3.67. The second-order valence-corrected chi connectivity index (χ2v) is 6.63. The van der Waals surface area contributed by atoms with Crippen molar-refractivity contribution >= 4 is 28.1 Å². The fourth-order valence-corrected chi connectivity index (χ4v) is 2.30. The molecule has 0 aliphatic rings. The van der Waals surface area contributed by atoms with Crippen LogP contribution < -0.4 is 0 Å². The standard InChI is InChI=1S/C16H12BrF6N3O2/c1-8(2)28-14(27)12(17)6-26-7-24-13(25-26)9-3-10(15(18,19)20)5-11(4-9)16(21,22)23/h3-8H,1-2H3/b12-6-. The van der Waals surface area contributed by atoms with Crippen molar-refractivity contribution in [2.45, 2.75) is 32.3 Å². The van der Waals surface area contributed by atoms with Crippen LogP contribution in [0.25, 0.3) is 17.6 Å². The molecule has 0 amide bonds. The first kappa shape index (κ1) is 21.9. The lowest BCUT2D eigenvalue weighted by Crippen LogP contribution is -2.11. The Hall–Kier alpha value is -2.37. The number of ether oxygens (including phenoxy) is 1. The molecule has 0 saturated heterocycles. The number of aromatic nitrogens is 3. The molecule has 152 valence electrons. The van der Waals surface area contributed by atoms with E-state index in [9.17, 15) is 31.1 Å². The SMILES string of the molecule is CC(C)OC(=O)/C(Br)=C/n1cnc(-c2cc(C(F)(F)F)cc(C(F)(F)F)c2)n1. The van der Waals surface area contributed by atoms with E-state index in [2.05, 4.69) is 26.0 Å². The van der Waals surface area contributed by atoms with Gasteiger partial charge >= 0.3 is 18.3 Å². The highest BCUT2D eigenvalue weighted by molar-refractivity contribution is 9.12. The van der Waals surface area contributed by atoms with E-state index in [1.807, 2.05) is 0 Å². The van der Waals surface area contributed by atoms with Crippen molar-refractivity contribution in [2.24, 2.45) is 0 Å². The van der Waals surface area contributed by atoms with Crippen molar-refractivity contribution in [3.05, 3.63) is 40.1 Å². The molecular weight excluding hydrogens is 460 g/mol. The molecule has 28 heavy (non-hydrogen) atoms. The van der Waals surface area contributed by atoms with E-state index in [1.165, 1.54) is 0 Å². The Kier molecular flexibility index (Phi) is 6.21. The number of carbonyl (C=O) groups is 1. The van der Waals surface area contributed by atoms with E-state index >= 15 is 0 Å². The number of benzene rings is 1. The molecule has 0 aliphatic heterocycles. The number of rotatable bonds is 4. The van der Waals surface area contributed by atoms with E-state index in [4.69, 9.17) is 4.74 Å². The molecule has 1 aromatic carbocycles. The maximum atomic E-state index is 12.9. The second kappa shape index (κ2) is 7.94. The van der Waals surface area contributed by atoms with Crippen LogP contribution in [0.5, 0.6) is 0 Å². The normalized spacial score (nSPS) is 13.1. The molecule has 0 bridgehead atoms. The van der Waals surface area contributed by atoms with Crippen LogP contribution in [0, 0.1) is 0 Å². The van der Waals surface area contributed by atoms with Crippen molar-refractivity contribution in [3.63, 3.8) is 0 Å². The number of carbonyl (C=O) groups excluding carboxylic acids is 1. The second-order valence-electron chi connectivity index (χ2n) is 5.77. The summed E-state index contributed by atoms with van der Waals surface area (Å²) < 4.78 is 83.4. The topological polar surface area (TPSA) is 57.0 Å². The van der Waals surface area contributed by atoms with Crippen LogP contribution in [-0.2, 0) is 21.9 Å². The Morgan fingerprint density at radius 1 is 1.11 bits per heavy atom. The van der Waals surface area contributed by atoms with Crippen molar-refractivity contribution < 1.29 is 35.9 Å². The zero-order valence-electron chi connectivity index (χ0n) is 14.3. The molecule has 1 aromatic heterocycles. The van der Waals surface area contributed by atoms with E-state index in [0.717, 1.165) is 17.2 Å². The van der Waals surface area contributed by atoms with Crippen LogP contribution in [-0.4, -0.2) is 26.8 Å². The highest BCUT2D eigenvalue weighted by atomic mass is 79.9. The summed E-state index contributed by atoms with van der Waals surface area (Å²) in [7, 11) is 0. The number of hydrogen-bond acceptors (Lipinski definition) is 4. The number of alkyl halides is 6. The van der Waals surface area contributed by atoms with E-state index in [-0.39, 0.29) is 16.4 Å². The molecule has 5 nitrogen and oxygen atoms in total. The lowest BCUT2D eigenvalue weighted by molar-refractivity contribution is -0.143. The average molecular weight is 472 g/mol. The molecule has 12 heteroatoms. The first-order valence-corrected chi connectivity index (χ1v) is 8.36. The molecule has 0 radical (unpaired) electrons. The quantitative estimate of drug-likeness (QED) is 0.352. The number of hydrogen-bond donors (Lipinski definition) is 0. The van der Waals surface area contributed by atoms with Crippen LogP contribution in [0.4, 0.5) is 26.3 Å². The van der Waals surface area contributed by atoms with Crippen LogP contribution in [0.15, 0.2) is 29.0 Å². The van der Waals surface area contributed by atoms with Crippen molar-refractivity contribution in [3.8, 4) is 11.4 Å². The summed E-state index contributed by atoms with van der Waals surface area (Å²) >= 11 is 2.95. The van der Waals surface area contributed by atoms with Crippen LogP contribution >= 0.6 is 15.9 Å². The van der Waals surface area contributed by atoms with Gasteiger partial charge in [0.2, 0.25) is 0 Å². The zero-order valence-corrected chi connectivity index (χ0v) is 15.9. The Bertz CT molecular complexity index is 870. The van der Waals surface area contributed by atoms with Crippen LogP contribution in [0.3, 0.4) is 0 Å². The van der Waals surface area contributed by atoms with E-state index in [1.54, 1.807) is 13.8 Å². The zero-order chi connectivity index (χ0) is 21.3. The summed E-state index contributed by atoms with van der Waals surface area (Å²) in [6.07, 6.45) is -8.23. The van der Waals surface area contributed by atoms with Gasteiger partial charge in [-0.3, -0.25) is 0 Å². The molecule has 0 saturated carbocycles. The Morgan fingerprint density at radius 2 is 1.64 bits per heavy atom. The molecule has 0 atom stereocenters. The Labute approximate surface area is 163 Å². The maximum Gasteiger partial charge on any atom is 0.416 e. The number of esters is 1. The molecule has 0 fully saturated rings.